The van der Waals surface area contributed by atoms with Crippen molar-refractivity contribution in [2.45, 2.75) is 44.8 Å². The summed E-state index contributed by atoms with van der Waals surface area (Å²) in [6.07, 6.45) is 1.23. The van der Waals surface area contributed by atoms with Crippen LogP contribution in [0.25, 0.3) is 0 Å². The maximum Gasteiger partial charge on any atom is 0.254 e. The fraction of sp³-hybridized carbons (Fsp3) is 0.692. The van der Waals surface area contributed by atoms with Crippen LogP contribution in [-0.4, -0.2) is 44.9 Å². The molecule has 1 aromatic heterocycles. The van der Waals surface area contributed by atoms with Crippen molar-refractivity contribution < 1.29 is 19.5 Å². The lowest BCUT2D eigenvalue weighted by Crippen LogP contribution is -2.56. The van der Waals surface area contributed by atoms with E-state index in [0.29, 0.717) is 25.3 Å². The quantitative estimate of drug-likeness (QED) is 0.818. The highest BCUT2D eigenvalue weighted by Gasteiger charge is 2.41. The van der Waals surface area contributed by atoms with E-state index in [2.05, 4.69) is 5.16 Å². The molecule has 2 heterocycles. The number of aromatic nitrogens is 1. The maximum absolute atomic E-state index is 12.1. The van der Waals surface area contributed by atoms with Gasteiger partial charge in [0.25, 0.3) is 5.91 Å². The number of nitrogens with zero attached hydrogens (tertiary/aromatic N) is 2. The third-order valence-corrected chi connectivity index (χ3v) is 3.52. The summed E-state index contributed by atoms with van der Waals surface area (Å²) < 4.78 is 4.92. The third-order valence-electron chi connectivity index (χ3n) is 3.52. The Labute approximate surface area is 112 Å². The Hall–Kier alpha value is -1.40. The fourth-order valence-corrected chi connectivity index (χ4v) is 2.36. The van der Waals surface area contributed by atoms with Crippen molar-refractivity contribution in [1.82, 2.24) is 10.1 Å². The van der Waals surface area contributed by atoms with Crippen molar-refractivity contribution in [3.63, 3.8) is 0 Å². The molecule has 1 atom stereocenters. The Balaban J connectivity index is 1.90. The SMILES string of the molecule is CCCC(C)(O)C(=O)N1CC(c2cc(CO)on2)C1. The number of hydrogen-bond acceptors (Lipinski definition) is 5. The van der Waals surface area contributed by atoms with Gasteiger partial charge in [-0.05, 0) is 13.3 Å². The summed E-state index contributed by atoms with van der Waals surface area (Å²) in [5, 5.41) is 22.8. The molecule has 1 saturated heterocycles. The summed E-state index contributed by atoms with van der Waals surface area (Å²) in [7, 11) is 0. The average molecular weight is 268 g/mol. The number of likely N-dealkylation sites (tertiary alicyclic amines) is 1. The minimum Gasteiger partial charge on any atom is -0.388 e. The number of aliphatic hydroxyl groups is 2. The van der Waals surface area contributed by atoms with Gasteiger partial charge in [-0.1, -0.05) is 18.5 Å². The lowest BCUT2D eigenvalue weighted by molar-refractivity contribution is -0.155. The molecule has 2 rings (SSSR count). The van der Waals surface area contributed by atoms with Crippen LogP contribution in [0.3, 0.4) is 0 Å². The van der Waals surface area contributed by atoms with Crippen LogP contribution in [0.4, 0.5) is 0 Å². The van der Waals surface area contributed by atoms with Crippen molar-refractivity contribution in [2.75, 3.05) is 13.1 Å². The topological polar surface area (TPSA) is 86.8 Å². The molecule has 6 nitrogen and oxygen atoms in total. The molecule has 2 N–H and O–H groups in total. The van der Waals surface area contributed by atoms with Gasteiger partial charge in [-0.3, -0.25) is 4.79 Å². The van der Waals surface area contributed by atoms with Crippen molar-refractivity contribution in [3.05, 3.63) is 17.5 Å². The highest BCUT2D eigenvalue weighted by atomic mass is 16.5. The van der Waals surface area contributed by atoms with Crippen LogP contribution in [0, 0.1) is 0 Å². The second kappa shape index (κ2) is 5.30. The van der Waals surface area contributed by atoms with Gasteiger partial charge >= 0.3 is 0 Å². The Morgan fingerprint density at radius 2 is 2.32 bits per heavy atom. The van der Waals surface area contributed by atoms with Gasteiger partial charge in [0.05, 0.1) is 5.69 Å². The second-order valence-electron chi connectivity index (χ2n) is 5.31. The standard InChI is InChI=1S/C13H20N2O4/c1-3-4-13(2,18)12(17)15-6-9(7-15)11-5-10(8-16)19-14-11/h5,9,16,18H,3-4,6-8H2,1-2H3. The third kappa shape index (κ3) is 2.79. The number of rotatable bonds is 5. The first-order valence-electron chi connectivity index (χ1n) is 6.56. The molecule has 0 aromatic carbocycles. The molecule has 1 aliphatic heterocycles. The van der Waals surface area contributed by atoms with E-state index in [1.807, 2.05) is 6.92 Å². The van der Waals surface area contributed by atoms with Gasteiger partial charge in [-0.15, -0.1) is 0 Å². The Morgan fingerprint density at radius 3 is 2.84 bits per heavy atom. The van der Waals surface area contributed by atoms with E-state index in [0.717, 1.165) is 12.1 Å². The molecule has 1 amide bonds. The van der Waals surface area contributed by atoms with E-state index in [9.17, 15) is 9.90 Å². The fourth-order valence-electron chi connectivity index (χ4n) is 2.36. The largest absolute Gasteiger partial charge is 0.388 e. The van der Waals surface area contributed by atoms with E-state index in [1.54, 1.807) is 17.9 Å². The van der Waals surface area contributed by atoms with Crippen molar-refractivity contribution >= 4 is 5.91 Å². The van der Waals surface area contributed by atoms with Gasteiger partial charge in [0, 0.05) is 25.1 Å². The molecule has 1 aromatic rings. The smallest absolute Gasteiger partial charge is 0.254 e. The first kappa shape index (κ1) is 14.0. The zero-order valence-corrected chi connectivity index (χ0v) is 11.3. The molecular formula is C13H20N2O4. The van der Waals surface area contributed by atoms with Crippen molar-refractivity contribution in [3.8, 4) is 0 Å². The second-order valence-corrected chi connectivity index (χ2v) is 5.31. The van der Waals surface area contributed by atoms with Gasteiger partial charge in [0.2, 0.25) is 0 Å². The first-order valence-corrected chi connectivity index (χ1v) is 6.56. The van der Waals surface area contributed by atoms with Gasteiger partial charge in [-0.25, -0.2) is 0 Å². The zero-order chi connectivity index (χ0) is 14.0. The van der Waals surface area contributed by atoms with Crippen molar-refractivity contribution in [2.24, 2.45) is 0 Å². The average Bonchev–Trinajstić information content (AvgIpc) is 2.75. The Morgan fingerprint density at radius 1 is 1.63 bits per heavy atom. The van der Waals surface area contributed by atoms with Crippen LogP contribution in [0.15, 0.2) is 10.6 Å². The summed E-state index contributed by atoms with van der Waals surface area (Å²) >= 11 is 0. The van der Waals surface area contributed by atoms with E-state index < -0.39 is 5.60 Å². The number of amides is 1. The molecule has 1 unspecified atom stereocenters. The van der Waals surface area contributed by atoms with E-state index >= 15 is 0 Å². The number of carbonyl (C=O) groups excluding carboxylic acids is 1. The predicted octanol–water partition coefficient (Wildman–Crippen LogP) is 0.644. The molecule has 19 heavy (non-hydrogen) atoms. The normalized spacial score (nSPS) is 19.1. The molecular weight excluding hydrogens is 248 g/mol. The molecule has 0 radical (unpaired) electrons. The monoisotopic (exact) mass is 268 g/mol. The van der Waals surface area contributed by atoms with E-state index in [4.69, 9.17) is 9.63 Å². The van der Waals surface area contributed by atoms with E-state index in [-0.39, 0.29) is 18.4 Å². The molecule has 0 aliphatic carbocycles. The van der Waals surface area contributed by atoms with Crippen LogP contribution < -0.4 is 0 Å². The molecule has 0 spiro atoms. The Bertz CT molecular complexity index is 449. The highest BCUT2D eigenvalue weighted by Crippen LogP contribution is 2.29. The van der Waals surface area contributed by atoms with Crippen LogP contribution in [0.2, 0.25) is 0 Å². The summed E-state index contributed by atoms with van der Waals surface area (Å²) in [6, 6.07) is 1.71. The van der Waals surface area contributed by atoms with E-state index in [1.165, 1.54) is 0 Å². The lowest BCUT2D eigenvalue weighted by Gasteiger charge is -2.41. The summed E-state index contributed by atoms with van der Waals surface area (Å²) in [5.74, 6) is 0.333. The lowest BCUT2D eigenvalue weighted by atomic mass is 9.91. The van der Waals surface area contributed by atoms with Gasteiger partial charge in [0.15, 0.2) is 5.76 Å². The van der Waals surface area contributed by atoms with Gasteiger partial charge in [-0.2, -0.15) is 0 Å². The van der Waals surface area contributed by atoms with Crippen LogP contribution in [0.5, 0.6) is 0 Å². The van der Waals surface area contributed by atoms with Crippen molar-refractivity contribution in [1.29, 1.82) is 0 Å². The minimum atomic E-state index is -1.28. The maximum atomic E-state index is 12.1. The molecule has 1 aliphatic rings. The Kier molecular flexibility index (Phi) is 3.91. The summed E-state index contributed by atoms with van der Waals surface area (Å²) in [5.41, 5.74) is -0.525. The van der Waals surface area contributed by atoms with Crippen LogP contribution in [0.1, 0.15) is 44.1 Å². The molecule has 0 bridgehead atoms. The molecule has 0 saturated carbocycles. The number of hydrogen-bond donors (Lipinski definition) is 2. The van der Waals surface area contributed by atoms with Gasteiger partial charge < -0.3 is 19.6 Å². The number of carbonyl (C=O) groups is 1. The molecule has 1 fully saturated rings. The molecule has 6 heteroatoms. The minimum absolute atomic E-state index is 0.130. The predicted molar refractivity (Wildman–Crippen MR) is 67.3 cm³/mol. The van der Waals surface area contributed by atoms with Gasteiger partial charge in [0.1, 0.15) is 12.2 Å². The zero-order valence-electron chi connectivity index (χ0n) is 11.3. The first-order chi connectivity index (χ1) is 8.97. The van der Waals surface area contributed by atoms with Crippen LogP contribution >= 0.6 is 0 Å². The summed E-state index contributed by atoms with van der Waals surface area (Å²) in [6.45, 7) is 4.40. The molecule has 106 valence electrons. The van der Waals surface area contributed by atoms with Crippen LogP contribution in [-0.2, 0) is 11.4 Å². The summed E-state index contributed by atoms with van der Waals surface area (Å²) in [4.78, 5) is 13.7. The highest BCUT2D eigenvalue weighted by molar-refractivity contribution is 5.85. The number of aliphatic hydroxyl groups excluding tert-OH is 1.